The quantitative estimate of drug-likeness (QED) is 0.598. The SMILES string of the molecule is NC[C@@H]1C[C@H]1c1ncn[nH]1. The van der Waals surface area contributed by atoms with Crippen LogP contribution in [0.15, 0.2) is 6.33 Å². The van der Waals surface area contributed by atoms with Gasteiger partial charge in [-0.1, -0.05) is 0 Å². The number of rotatable bonds is 2. The highest BCUT2D eigenvalue weighted by molar-refractivity contribution is 5.08. The van der Waals surface area contributed by atoms with Gasteiger partial charge in [0.25, 0.3) is 0 Å². The fraction of sp³-hybridized carbons (Fsp3) is 0.667. The molecule has 4 nitrogen and oxygen atoms in total. The standard InChI is InChI=1S/C6H10N4/c7-2-4-1-5(4)6-8-3-9-10-6/h3-5H,1-2,7H2,(H,8,9,10)/t4-,5+/m0/s1. The maximum absolute atomic E-state index is 5.47. The highest BCUT2D eigenvalue weighted by Gasteiger charge is 2.39. The van der Waals surface area contributed by atoms with Crippen molar-refractivity contribution in [2.75, 3.05) is 6.54 Å². The minimum atomic E-state index is 0.562. The Labute approximate surface area is 58.8 Å². The molecule has 10 heavy (non-hydrogen) atoms. The number of nitrogens with two attached hydrogens (primary N) is 1. The summed E-state index contributed by atoms with van der Waals surface area (Å²) in [4.78, 5) is 4.05. The van der Waals surface area contributed by atoms with Crippen LogP contribution in [0.2, 0.25) is 0 Å². The van der Waals surface area contributed by atoms with E-state index in [2.05, 4.69) is 15.2 Å². The molecule has 54 valence electrons. The van der Waals surface area contributed by atoms with Gasteiger partial charge in [0.05, 0.1) is 0 Å². The molecule has 2 rings (SSSR count). The Morgan fingerprint density at radius 1 is 1.80 bits per heavy atom. The summed E-state index contributed by atoms with van der Waals surface area (Å²) in [6.07, 6.45) is 2.72. The zero-order valence-electron chi connectivity index (χ0n) is 5.62. The van der Waals surface area contributed by atoms with Gasteiger partial charge in [-0.2, -0.15) is 5.10 Å². The molecule has 1 heterocycles. The summed E-state index contributed by atoms with van der Waals surface area (Å²) >= 11 is 0. The molecule has 0 radical (unpaired) electrons. The first-order chi connectivity index (χ1) is 4.92. The minimum absolute atomic E-state index is 0.562. The van der Waals surface area contributed by atoms with E-state index < -0.39 is 0 Å². The summed E-state index contributed by atoms with van der Waals surface area (Å²) in [5.41, 5.74) is 5.47. The van der Waals surface area contributed by atoms with Gasteiger partial charge in [-0.05, 0) is 18.9 Å². The number of nitrogens with one attached hydrogen (secondary N) is 1. The molecule has 1 aromatic rings. The molecule has 0 aromatic carbocycles. The molecule has 4 heteroatoms. The van der Waals surface area contributed by atoms with Crippen molar-refractivity contribution in [3.05, 3.63) is 12.2 Å². The Morgan fingerprint density at radius 3 is 3.20 bits per heavy atom. The number of H-pyrrole nitrogens is 1. The molecule has 2 atom stereocenters. The van der Waals surface area contributed by atoms with Crippen molar-refractivity contribution in [3.8, 4) is 0 Å². The fourth-order valence-corrected chi connectivity index (χ4v) is 1.24. The smallest absolute Gasteiger partial charge is 0.137 e. The van der Waals surface area contributed by atoms with Gasteiger partial charge in [0.15, 0.2) is 0 Å². The van der Waals surface area contributed by atoms with Gasteiger partial charge in [-0.25, -0.2) is 4.98 Å². The van der Waals surface area contributed by atoms with Crippen LogP contribution in [0.4, 0.5) is 0 Å². The van der Waals surface area contributed by atoms with Crippen LogP contribution in [0.3, 0.4) is 0 Å². The van der Waals surface area contributed by atoms with E-state index >= 15 is 0 Å². The number of aromatic nitrogens is 3. The summed E-state index contributed by atoms with van der Waals surface area (Å²) < 4.78 is 0. The van der Waals surface area contributed by atoms with Crippen LogP contribution in [0.5, 0.6) is 0 Å². The lowest BCUT2D eigenvalue weighted by Crippen LogP contribution is -2.02. The summed E-state index contributed by atoms with van der Waals surface area (Å²) in [5.74, 6) is 2.20. The average molecular weight is 138 g/mol. The van der Waals surface area contributed by atoms with E-state index in [0.717, 1.165) is 12.4 Å². The predicted octanol–water partition coefficient (Wildman–Crippen LogP) is -0.133. The molecule has 0 aliphatic heterocycles. The summed E-state index contributed by atoms with van der Waals surface area (Å²) in [7, 11) is 0. The van der Waals surface area contributed by atoms with E-state index in [1.807, 2.05) is 0 Å². The molecular formula is C6H10N4. The molecule has 1 saturated carbocycles. The van der Waals surface area contributed by atoms with Gasteiger partial charge in [0.1, 0.15) is 12.2 Å². The Kier molecular flexibility index (Phi) is 1.20. The lowest BCUT2D eigenvalue weighted by molar-refractivity contribution is 0.780. The second kappa shape index (κ2) is 2.05. The van der Waals surface area contributed by atoms with Gasteiger partial charge in [-0.3, -0.25) is 5.10 Å². The molecule has 0 saturated heterocycles. The molecular weight excluding hydrogens is 128 g/mol. The number of hydrogen-bond acceptors (Lipinski definition) is 3. The lowest BCUT2D eigenvalue weighted by Gasteiger charge is -1.88. The highest BCUT2D eigenvalue weighted by Crippen LogP contribution is 2.44. The van der Waals surface area contributed by atoms with E-state index in [9.17, 15) is 0 Å². The number of nitrogens with zero attached hydrogens (tertiary/aromatic N) is 2. The van der Waals surface area contributed by atoms with Crippen LogP contribution in [0.25, 0.3) is 0 Å². The van der Waals surface area contributed by atoms with Crippen LogP contribution in [-0.2, 0) is 0 Å². The van der Waals surface area contributed by atoms with E-state index in [0.29, 0.717) is 11.8 Å². The molecule has 3 N–H and O–H groups in total. The number of hydrogen-bond donors (Lipinski definition) is 2. The molecule has 0 bridgehead atoms. The van der Waals surface area contributed by atoms with Crippen molar-refractivity contribution in [2.24, 2.45) is 11.7 Å². The van der Waals surface area contributed by atoms with E-state index in [4.69, 9.17) is 5.73 Å². The highest BCUT2D eigenvalue weighted by atomic mass is 15.2. The third-order valence-electron chi connectivity index (χ3n) is 2.01. The molecule has 1 aliphatic carbocycles. The fourth-order valence-electron chi connectivity index (χ4n) is 1.24. The monoisotopic (exact) mass is 138 g/mol. The first-order valence-corrected chi connectivity index (χ1v) is 3.47. The van der Waals surface area contributed by atoms with Crippen molar-refractivity contribution in [2.45, 2.75) is 12.3 Å². The normalized spacial score (nSPS) is 30.5. The van der Waals surface area contributed by atoms with Gasteiger partial charge >= 0.3 is 0 Å². The summed E-state index contributed by atoms with van der Waals surface area (Å²) in [6.45, 7) is 0.769. The molecule has 0 unspecified atom stereocenters. The van der Waals surface area contributed by atoms with Gasteiger partial charge in [0, 0.05) is 5.92 Å². The lowest BCUT2D eigenvalue weighted by atomic mass is 10.3. The van der Waals surface area contributed by atoms with Crippen molar-refractivity contribution in [1.29, 1.82) is 0 Å². The summed E-state index contributed by atoms with van der Waals surface area (Å²) in [6, 6.07) is 0. The van der Waals surface area contributed by atoms with E-state index in [-0.39, 0.29) is 0 Å². The van der Waals surface area contributed by atoms with Gasteiger partial charge in [-0.15, -0.1) is 0 Å². The van der Waals surface area contributed by atoms with Crippen LogP contribution in [-0.4, -0.2) is 21.7 Å². The van der Waals surface area contributed by atoms with Crippen LogP contribution in [0.1, 0.15) is 18.2 Å². The van der Waals surface area contributed by atoms with Gasteiger partial charge < -0.3 is 5.73 Å². The predicted molar refractivity (Wildman–Crippen MR) is 36.3 cm³/mol. The van der Waals surface area contributed by atoms with Crippen molar-refractivity contribution >= 4 is 0 Å². The summed E-state index contributed by atoms with van der Waals surface area (Å²) in [5, 5.41) is 6.62. The first kappa shape index (κ1) is 5.85. The van der Waals surface area contributed by atoms with E-state index in [1.165, 1.54) is 6.42 Å². The Morgan fingerprint density at radius 2 is 2.70 bits per heavy atom. The molecule has 0 spiro atoms. The largest absolute Gasteiger partial charge is 0.330 e. The Bertz CT molecular complexity index is 206. The average Bonchev–Trinajstić information content (AvgIpc) is 2.56. The van der Waals surface area contributed by atoms with Crippen molar-refractivity contribution in [1.82, 2.24) is 15.2 Å². The maximum atomic E-state index is 5.47. The van der Waals surface area contributed by atoms with Crippen LogP contribution in [0, 0.1) is 5.92 Å². The molecule has 1 aromatic heterocycles. The maximum Gasteiger partial charge on any atom is 0.137 e. The first-order valence-electron chi connectivity index (χ1n) is 3.47. The zero-order chi connectivity index (χ0) is 6.97. The van der Waals surface area contributed by atoms with Crippen LogP contribution >= 0.6 is 0 Å². The van der Waals surface area contributed by atoms with E-state index in [1.54, 1.807) is 6.33 Å². The van der Waals surface area contributed by atoms with Crippen molar-refractivity contribution in [3.63, 3.8) is 0 Å². The Balaban J connectivity index is 2.05. The van der Waals surface area contributed by atoms with Crippen LogP contribution < -0.4 is 5.73 Å². The molecule has 1 fully saturated rings. The van der Waals surface area contributed by atoms with Gasteiger partial charge in [0.2, 0.25) is 0 Å². The molecule has 0 amide bonds. The second-order valence-corrected chi connectivity index (χ2v) is 2.71. The third kappa shape index (κ3) is 0.806. The Hall–Kier alpha value is -0.900. The third-order valence-corrected chi connectivity index (χ3v) is 2.01. The second-order valence-electron chi connectivity index (χ2n) is 2.71. The van der Waals surface area contributed by atoms with Crippen molar-refractivity contribution < 1.29 is 0 Å². The zero-order valence-corrected chi connectivity index (χ0v) is 5.62. The number of aromatic amines is 1. The topological polar surface area (TPSA) is 67.6 Å². The minimum Gasteiger partial charge on any atom is -0.330 e. The molecule has 1 aliphatic rings.